The van der Waals surface area contributed by atoms with Crippen LogP contribution >= 0.6 is 11.8 Å². The number of rotatable bonds is 8. The Hall–Kier alpha value is -3.00. The van der Waals surface area contributed by atoms with Gasteiger partial charge in [-0.2, -0.15) is 0 Å². The second kappa shape index (κ2) is 9.47. The molecule has 29 heavy (non-hydrogen) atoms. The van der Waals surface area contributed by atoms with Crippen LogP contribution in [0.2, 0.25) is 0 Å². The number of esters is 1. The zero-order chi connectivity index (χ0) is 20.8. The second-order valence-electron chi connectivity index (χ2n) is 6.21. The molecule has 3 rings (SSSR count). The highest BCUT2D eigenvalue weighted by atomic mass is 32.2. The fourth-order valence-electron chi connectivity index (χ4n) is 2.91. The molecular formula is C21H21NO6S. The van der Waals surface area contributed by atoms with Gasteiger partial charge in [0.05, 0.1) is 32.1 Å². The van der Waals surface area contributed by atoms with Crippen molar-refractivity contribution >= 4 is 35.1 Å². The number of nitrogens with zero attached hydrogens (tertiary/aromatic N) is 1. The number of carbonyl (C=O) groups is 3. The van der Waals surface area contributed by atoms with Gasteiger partial charge in [-0.1, -0.05) is 12.1 Å². The highest BCUT2D eigenvalue weighted by Gasteiger charge is 2.25. The van der Waals surface area contributed by atoms with Gasteiger partial charge in [0.1, 0.15) is 0 Å². The van der Waals surface area contributed by atoms with Crippen molar-refractivity contribution in [3.8, 4) is 11.5 Å². The molecule has 0 radical (unpaired) electrons. The van der Waals surface area contributed by atoms with E-state index in [2.05, 4.69) is 0 Å². The van der Waals surface area contributed by atoms with Gasteiger partial charge in [-0.15, -0.1) is 11.8 Å². The van der Waals surface area contributed by atoms with Crippen molar-refractivity contribution in [2.45, 2.75) is 11.3 Å². The summed E-state index contributed by atoms with van der Waals surface area (Å²) in [6, 6.07) is 12.3. The minimum atomic E-state index is -0.540. The lowest BCUT2D eigenvalue weighted by Gasteiger charge is -2.28. The molecule has 0 N–H and O–H groups in total. The number of anilines is 1. The molecule has 8 heteroatoms. The van der Waals surface area contributed by atoms with E-state index in [1.54, 1.807) is 17.0 Å². The molecule has 1 amide bonds. The number of para-hydroxylation sites is 1. The van der Waals surface area contributed by atoms with E-state index < -0.39 is 5.97 Å². The molecule has 0 fully saturated rings. The number of ketones is 1. The van der Waals surface area contributed by atoms with Gasteiger partial charge in [0.15, 0.2) is 23.9 Å². The van der Waals surface area contributed by atoms with Crippen LogP contribution in [0.4, 0.5) is 5.69 Å². The van der Waals surface area contributed by atoms with Crippen LogP contribution < -0.4 is 14.4 Å². The van der Waals surface area contributed by atoms with Crippen molar-refractivity contribution < 1.29 is 28.6 Å². The Morgan fingerprint density at radius 2 is 1.83 bits per heavy atom. The highest BCUT2D eigenvalue weighted by molar-refractivity contribution is 8.00. The lowest BCUT2D eigenvalue weighted by Crippen LogP contribution is -2.37. The minimum absolute atomic E-state index is 0.00392. The Morgan fingerprint density at radius 3 is 2.59 bits per heavy atom. The lowest BCUT2D eigenvalue weighted by molar-refractivity contribution is -0.142. The monoisotopic (exact) mass is 415 g/mol. The number of hydrogen-bond donors (Lipinski definition) is 0. The quantitative estimate of drug-likeness (QED) is 0.484. The Kier molecular flexibility index (Phi) is 6.77. The number of ether oxygens (including phenoxy) is 3. The van der Waals surface area contributed by atoms with Gasteiger partial charge in [0.2, 0.25) is 5.91 Å². The number of fused-ring (bicyclic) bond motifs is 1. The molecule has 7 nitrogen and oxygen atoms in total. The van der Waals surface area contributed by atoms with Gasteiger partial charge in [-0.3, -0.25) is 14.4 Å². The van der Waals surface area contributed by atoms with E-state index in [1.165, 1.54) is 32.0 Å². The first kappa shape index (κ1) is 20.7. The van der Waals surface area contributed by atoms with Crippen LogP contribution in [0.3, 0.4) is 0 Å². The first-order valence-electron chi connectivity index (χ1n) is 8.96. The van der Waals surface area contributed by atoms with Crippen LogP contribution in [0.25, 0.3) is 0 Å². The molecule has 2 aromatic rings. The van der Waals surface area contributed by atoms with E-state index in [0.717, 1.165) is 10.6 Å². The molecule has 0 aromatic heterocycles. The Labute approximate surface area is 172 Å². The summed E-state index contributed by atoms with van der Waals surface area (Å²) >= 11 is 1.48. The standard InChI is InChI=1S/C21H21NO6S/c1-26-17-8-7-14(11-18(17)27-2)16(23)12-28-21(25)9-10-22-15-5-3-4-6-19(15)29-13-20(22)24/h3-8,11H,9-10,12-13H2,1-2H3. The van der Waals surface area contributed by atoms with Crippen molar-refractivity contribution in [3.63, 3.8) is 0 Å². The third-order valence-electron chi connectivity index (χ3n) is 4.42. The maximum absolute atomic E-state index is 12.3. The van der Waals surface area contributed by atoms with E-state index in [0.29, 0.717) is 22.8 Å². The summed E-state index contributed by atoms with van der Waals surface area (Å²) in [5.74, 6) is 0.319. The molecule has 0 aliphatic carbocycles. The number of carbonyl (C=O) groups excluding carboxylic acids is 3. The number of benzene rings is 2. The summed E-state index contributed by atoms with van der Waals surface area (Å²) in [6.07, 6.45) is 0.00392. The maximum Gasteiger partial charge on any atom is 0.308 e. The third kappa shape index (κ3) is 4.89. The van der Waals surface area contributed by atoms with Gasteiger partial charge in [0.25, 0.3) is 0 Å². The number of thioether (sulfide) groups is 1. The molecule has 1 aliphatic heterocycles. The van der Waals surface area contributed by atoms with Crippen LogP contribution in [-0.4, -0.2) is 50.8 Å². The minimum Gasteiger partial charge on any atom is -0.493 e. The summed E-state index contributed by atoms with van der Waals surface area (Å²) in [4.78, 5) is 39.2. The molecule has 0 unspecified atom stereocenters. The van der Waals surface area contributed by atoms with Crippen LogP contribution in [0.5, 0.6) is 11.5 Å². The molecule has 0 saturated heterocycles. The topological polar surface area (TPSA) is 82.1 Å². The molecule has 0 spiro atoms. The molecule has 0 saturated carbocycles. The normalized spacial score (nSPS) is 12.9. The van der Waals surface area contributed by atoms with Crippen LogP contribution in [0.15, 0.2) is 47.4 Å². The molecule has 0 bridgehead atoms. The zero-order valence-corrected chi connectivity index (χ0v) is 17.0. The lowest BCUT2D eigenvalue weighted by atomic mass is 10.1. The number of amides is 1. The van der Waals surface area contributed by atoms with Crippen molar-refractivity contribution in [2.24, 2.45) is 0 Å². The van der Waals surface area contributed by atoms with E-state index >= 15 is 0 Å². The fourth-order valence-corrected chi connectivity index (χ4v) is 3.85. The maximum atomic E-state index is 12.3. The summed E-state index contributed by atoms with van der Waals surface area (Å²) in [5.41, 5.74) is 1.15. The van der Waals surface area contributed by atoms with Gasteiger partial charge in [-0.25, -0.2) is 0 Å². The SMILES string of the molecule is COc1ccc(C(=O)COC(=O)CCN2C(=O)CSc3ccccc32)cc1OC. The predicted octanol–water partition coefficient (Wildman–Crippen LogP) is 2.96. The molecule has 1 aliphatic rings. The average molecular weight is 415 g/mol. The molecular weight excluding hydrogens is 394 g/mol. The summed E-state index contributed by atoms with van der Waals surface area (Å²) in [7, 11) is 2.98. The van der Waals surface area contributed by atoms with Crippen molar-refractivity contribution in [1.82, 2.24) is 0 Å². The van der Waals surface area contributed by atoms with Crippen molar-refractivity contribution in [1.29, 1.82) is 0 Å². The highest BCUT2D eigenvalue weighted by Crippen LogP contribution is 2.34. The van der Waals surface area contributed by atoms with Gasteiger partial charge in [0, 0.05) is 17.0 Å². The summed E-state index contributed by atoms with van der Waals surface area (Å²) < 4.78 is 15.4. The molecule has 2 aromatic carbocycles. The summed E-state index contributed by atoms with van der Waals surface area (Å²) in [5, 5.41) is 0. The van der Waals surface area contributed by atoms with Crippen LogP contribution in [-0.2, 0) is 14.3 Å². The third-order valence-corrected chi connectivity index (χ3v) is 5.47. The van der Waals surface area contributed by atoms with Gasteiger partial charge < -0.3 is 19.1 Å². The fraction of sp³-hybridized carbons (Fsp3) is 0.286. The Morgan fingerprint density at radius 1 is 1.07 bits per heavy atom. The Balaban J connectivity index is 1.54. The number of methoxy groups -OCH3 is 2. The zero-order valence-electron chi connectivity index (χ0n) is 16.2. The first-order valence-corrected chi connectivity index (χ1v) is 9.95. The van der Waals surface area contributed by atoms with E-state index in [1.807, 2.05) is 24.3 Å². The first-order chi connectivity index (χ1) is 14.0. The largest absolute Gasteiger partial charge is 0.493 e. The van der Waals surface area contributed by atoms with Crippen LogP contribution in [0.1, 0.15) is 16.8 Å². The van der Waals surface area contributed by atoms with Crippen molar-refractivity contribution in [2.75, 3.05) is 38.0 Å². The van der Waals surface area contributed by atoms with Gasteiger partial charge in [-0.05, 0) is 30.3 Å². The Bertz CT molecular complexity index is 929. The second-order valence-corrected chi connectivity index (χ2v) is 7.22. The van der Waals surface area contributed by atoms with Crippen molar-refractivity contribution in [3.05, 3.63) is 48.0 Å². The molecule has 152 valence electrons. The van der Waals surface area contributed by atoms with E-state index in [4.69, 9.17) is 14.2 Å². The molecule has 1 heterocycles. The van der Waals surface area contributed by atoms with E-state index in [9.17, 15) is 14.4 Å². The number of hydrogen-bond acceptors (Lipinski definition) is 7. The van der Waals surface area contributed by atoms with Crippen LogP contribution in [0, 0.1) is 0 Å². The molecule has 0 atom stereocenters. The smallest absolute Gasteiger partial charge is 0.308 e. The number of Topliss-reactive ketones (excluding diaryl/α,β-unsaturated/α-hetero) is 1. The average Bonchev–Trinajstić information content (AvgIpc) is 2.76. The van der Waals surface area contributed by atoms with Gasteiger partial charge >= 0.3 is 5.97 Å². The van der Waals surface area contributed by atoms with E-state index in [-0.39, 0.29) is 31.3 Å². The summed E-state index contributed by atoms with van der Waals surface area (Å²) in [6.45, 7) is -0.172. The predicted molar refractivity (Wildman–Crippen MR) is 109 cm³/mol.